The summed E-state index contributed by atoms with van der Waals surface area (Å²) < 4.78 is 0. The van der Waals surface area contributed by atoms with Gasteiger partial charge in [-0.2, -0.15) is 0 Å². The Balaban J connectivity index is 1.56. The van der Waals surface area contributed by atoms with Crippen LogP contribution in [0.15, 0.2) is 110 Å². The highest BCUT2D eigenvalue weighted by molar-refractivity contribution is 6.79. The average Bonchev–Trinajstić information content (AvgIpc) is 3.95. The molecule has 1 aromatic rings. The number of hydrogen-bond acceptors (Lipinski definition) is 5. The molecule has 0 aliphatic carbocycles. The molecule has 51 heavy (non-hydrogen) atoms. The highest BCUT2D eigenvalue weighted by Gasteiger charge is 2.34. The normalized spacial score (nSPS) is 20.1. The van der Waals surface area contributed by atoms with E-state index in [-0.39, 0.29) is 5.54 Å². The number of hydrogen-bond donors (Lipinski definition) is 2. The highest BCUT2D eigenvalue weighted by atomic mass is 28.3. The zero-order chi connectivity index (χ0) is 36.0. The Bertz CT molecular complexity index is 1900. The second kappa shape index (κ2) is 16.3. The Morgan fingerprint density at radius 2 is 1.27 bits per heavy atom. The lowest BCUT2D eigenvalue weighted by Crippen LogP contribution is -2.31. The number of aromatic nitrogens is 1. The molecule has 5 aliphatic rings. The van der Waals surface area contributed by atoms with E-state index >= 15 is 0 Å². The van der Waals surface area contributed by atoms with E-state index in [4.69, 9.17) is 21.4 Å². The minimum atomic E-state index is -1.86. The third kappa shape index (κ3) is 8.07. The highest BCUT2D eigenvalue weighted by Crippen LogP contribution is 2.40. The summed E-state index contributed by atoms with van der Waals surface area (Å²) >= 11 is 0. The van der Waals surface area contributed by atoms with E-state index in [0.29, 0.717) is 0 Å². The first-order valence-electron chi connectivity index (χ1n) is 19.3. The molecular formula is C44H56N6Si. The van der Waals surface area contributed by atoms with Crippen molar-refractivity contribution in [2.75, 3.05) is 7.05 Å². The van der Waals surface area contributed by atoms with Crippen LogP contribution in [0.1, 0.15) is 102 Å². The van der Waals surface area contributed by atoms with Gasteiger partial charge in [0.2, 0.25) is 0 Å². The van der Waals surface area contributed by atoms with Gasteiger partial charge in [0, 0.05) is 47.4 Å². The van der Waals surface area contributed by atoms with Crippen LogP contribution in [0.2, 0.25) is 25.2 Å². The van der Waals surface area contributed by atoms with E-state index in [9.17, 15) is 0 Å². The molecule has 0 spiro atoms. The molecule has 0 saturated heterocycles. The summed E-state index contributed by atoms with van der Waals surface area (Å²) in [6, 6.07) is 4.43. The fourth-order valence-corrected chi connectivity index (χ4v) is 9.24. The number of H-pyrrole nitrogens is 1. The molecule has 6 rings (SSSR count). The Hall–Kier alpha value is -4.41. The number of aromatic amines is 1. The first kappa shape index (κ1) is 36.4. The summed E-state index contributed by atoms with van der Waals surface area (Å²) in [6.07, 6.45) is 37.5. The topological polar surface area (TPSA) is 68.1 Å². The second-order valence-electron chi connectivity index (χ2n) is 15.4. The molecule has 1 aromatic heterocycles. The lowest BCUT2D eigenvalue weighted by molar-refractivity contribution is 0.574. The summed E-state index contributed by atoms with van der Waals surface area (Å²) in [5, 5.41) is 3.50. The van der Waals surface area contributed by atoms with Gasteiger partial charge < -0.3 is 15.2 Å². The van der Waals surface area contributed by atoms with Gasteiger partial charge in [-0.3, -0.25) is 0 Å². The molecule has 2 N–H and O–H groups in total. The first-order valence-corrected chi connectivity index (χ1v) is 22.9. The van der Waals surface area contributed by atoms with Crippen LogP contribution in [0.25, 0.3) is 11.1 Å². The summed E-state index contributed by atoms with van der Waals surface area (Å²) in [6.45, 7) is 11.6. The number of nitrogens with one attached hydrogen (secondary N) is 2. The Morgan fingerprint density at radius 3 is 1.92 bits per heavy atom. The van der Waals surface area contributed by atoms with E-state index in [0.717, 1.165) is 88.3 Å². The summed E-state index contributed by atoms with van der Waals surface area (Å²) in [5.74, 6) is 4.23. The van der Waals surface area contributed by atoms with E-state index in [2.05, 4.69) is 116 Å². The molecule has 8 bridgehead atoms. The van der Waals surface area contributed by atoms with Crippen LogP contribution >= 0.6 is 0 Å². The van der Waals surface area contributed by atoms with Gasteiger partial charge in [0.05, 0.1) is 53.6 Å². The molecule has 6 nitrogen and oxygen atoms in total. The van der Waals surface area contributed by atoms with Gasteiger partial charge in [-0.15, -0.1) is 12.3 Å². The molecular weight excluding hydrogens is 641 g/mol. The van der Waals surface area contributed by atoms with E-state index in [1.54, 1.807) is 0 Å². The Labute approximate surface area is 307 Å². The monoisotopic (exact) mass is 696 g/mol. The zero-order valence-electron chi connectivity index (χ0n) is 31.7. The standard InChI is InChI=1S/C44H56N6Si/c1-8-11-13-15-17-19-31-33-21-25-37(46-33)42(41(10-3)51(5,6)7)38-26-22-34(47-38)32(20-18-16-14-12-9-2)36-24-28-40(49-36)43(39-27-23-35(31)48-39)44-45-29-30-50(44)4/h3,21-30,41,45,48H,8-9,11-20H2,1-2,4-7H3. The van der Waals surface area contributed by atoms with Crippen molar-refractivity contribution in [1.29, 1.82) is 0 Å². The van der Waals surface area contributed by atoms with Crippen LogP contribution in [0.3, 0.4) is 0 Å². The summed E-state index contributed by atoms with van der Waals surface area (Å²) in [5.41, 5.74) is 12.5. The number of unbranched alkanes of at least 4 members (excludes halogenated alkanes) is 8. The summed E-state index contributed by atoms with van der Waals surface area (Å²) in [4.78, 5) is 22.2. The van der Waals surface area contributed by atoms with E-state index < -0.39 is 8.07 Å². The number of nitrogens with zero attached hydrogens (tertiary/aromatic N) is 4. The second-order valence-corrected chi connectivity index (χ2v) is 20.7. The van der Waals surface area contributed by atoms with Crippen molar-refractivity contribution in [3.63, 3.8) is 0 Å². The Morgan fingerprint density at radius 1 is 0.706 bits per heavy atom. The third-order valence-electron chi connectivity index (χ3n) is 10.4. The van der Waals surface area contributed by atoms with Crippen molar-refractivity contribution in [2.45, 2.75) is 116 Å². The third-order valence-corrected chi connectivity index (χ3v) is 12.6. The van der Waals surface area contributed by atoms with Crippen molar-refractivity contribution < 1.29 is 0 Å². The predicted molar refractivity (Wildman–Crippen MR) is 221 cm³/mol. The first-order chi connectivity index (χ1) is 24.7. The smallest absolute Gasteiger partial charge is 0.121 e. The molecule has 6 heterocycles. The molecule has 0 amide bonds. The van der Waals surface area contributed by atoms with Gasteiger partial charge in [0.15, 0.2) is 0 Å². The van der Waals surface area contributed by atoms with Crippen molar-refractivity contribution >= 4 is 36.4 Å². The zero-order valence-corrected chi connectivity index (χ0v) is 32.7. The number of terminal acetylenes is 1. The molecule has 0 saturated carbocycles. The van der Waals surface area contributed by atoms with Crippen molar-refractivity contribution in [1.82, 2.24) is 15.2 Å². The molecule has 7 heteroatoms. The number of fused-ring (bicyclic) bond motifs is 5. The SMILES string of the molecule is C#CC(C1=C2C=CC(=N2)C(CCCCCCC)=C2C=CC(=N2)C(=C2NC=CN2C)c2ccc([nH]2)C(CCCCCCC)=C2C=CC1=N2)[Si](C)(C)C. The molecule has 266 valence electrons. The lowest BCUT2D eigenvalue weighted by atomic mass is 10.00. The number of rotatable bonds is 14. The average molecular weight is 697 g/mol. The maximum absolute atomic E-state index is 6.40. The van der Waals surface area contributed by atoms with Crippen LogP contribution in [-0.4, -0.2) is 42.1 Å². The van der Waals surface area contributed by atoms with Gasteiger partial charge in [0.25, 0.3) is 0 Å². The largest absolute Gasteiger partial charge is 0.355 e. The quantitative estimate of drug-likeness (QED) is 0.115. The maximum atomic E-state index is 6.40. The fourth-order valence-electron chi connectivity index (χ4n) is 7.58. The van der Waals surface area contributed by atoms with Crippen LogP contribution in [0, 0.1) is 12.3 Å². The van der Waals surface area contributed by atoms with Gasteiger partial charge in [-0.25, -0.2) is 15.0 Å². The molecule has 5 aliphatic heterocycles. The maximum Gasteiger partial charge on any atom is 0.121 e. The molecule has 1 atom stereocenters. The molecule has 1 unspecified atom stereocenters. The number of aliphatic imine (C=N–C) groups is 3. The lowest BCUT2D eigenvalue weighted by Gasteiger charge is -2.27. The van der Waals surface area contributed by atoms with Crippen molar-refractivity contribution in [3.8, 4) is 12.3 Å². The van der Waals surface area contributed by atoms with Crippen LogP contribution in [0.5, 0.6) is 0 Å². The van der Waals surface area contributed by atoms with Gasteiger partial charge in [-0.05, 0) is 74.3 Å². The van der Waals surface area contributed by atoms with Crippen LogP contribution < -0.4 is 5.32 Å². The minimum Gasteiger partial charge on any atom is -0.355 e. The van der Waals surface area contributed by atoms with Gasteiger partial charge in [-0.1, -0.05) is 84.9 Å². The van der Waals surface area contributed by atoms with Gasteiger partial charge in [0.1, 0.15) is 5.82 Å². The van der Waals surface area contributed by atoms with E-state index in [1.807, 2.05) is 6.20 Å². The van der Waals surface area contributed by atoms with Crippen LogP contribution in [-0.2, 0) is 0 Å². The molecule has 0 aromatic carbocycles. The van der Waals surface area contributed by atoms with Gasteiger partial charge >= 0.3 is 0 Å². The summed E-state index contributed by atoms with van der Waals surface area (Å²) in [7, 11) is 0.222. The van der Waals surface area contributed by atoms with E-state index in [1.165, 1.54) is 62.5 Å². The fraction of sp³-hybridized carbons (Fsp3) is 0.432. The Kier molecular flexibility index (Phi) is 11.6. The predicted octanol–water partition coefficient (Wildman–Crippen LogP) is 11.0. The minimum absolute atomic E-state index is 0.0312. The molecule has 0 fully saturated rings. The van der Waals surface area contributed by atoms with Crippen LogP contribution in [0.4, 0.5) is 0 Å². The van der Waals surface area contributed by atoms with Crippen molar-refractivity contribution in [3.05, 3.63) is 106 Å². The van der Waals surface area contributed by atoms with Crippen molar-refractivity contribution in [2.24, 2.45) is 15.0 Å². The molecule has 0 radical (unpaired) electrons. The number of allylic oxidation sites excluding steroid dienone is 10.